The third-order valence-corrected chi connectivity index (χ3v) is 4.12. The molecule has 0 radical (unpaired) electrons. The first-order chi connectivity index (χ1) is 12.2. The molecule has 0 bridgehead atoms. The fourth-order valence-electron chi connectivity index (χ4n) is 2.73. The van der Waals surface area contributed by atoms with Crippen molar-refractivity contribution < 1.29 is 9.90 Å². The zero-order chi connectivity index (χ0) is 17.6. The normalized spacial score (nSPS) is 11.1. The second-order valence-corrected chi connectivity index (χ2v) is 6.05. The molecule has 0 aliphatic carbocycles. The number of rotatable bonds is 6. The van der Waals surface area contributed by atoms with Crippen LogP contribution >= 0.6 is 0 Å². The molecule has 3 rings (SSSR count). The topological polar surface area (TPSA) is 42.2 Å². The molecule has 25 heavy (non-hydrogen) atoms. The van der Waals surface area contributed by atoms with Gasteiger partial charge in [0.15, 0.2) is 0 Å². The number of hydrogen-bond acceptors (Lipinski definition) is 2. The highest BCUT2D eigenvalue weighted by Gasteiger charge is 2.12. The number of allylic oxidation sites excluding steroid dienone is 1. The number of aromatic nitrogens is 1. The minimum absolute atomic E-state index is 0.0284. The number of ketones is 1. The first kappa shape index (κ1) is 16.9. The Morgan fingerprint density at radius 3 is 2.64 bits per heavy atom. The maximum absolute atomic E-state index is 12.7. The molecule has 0 aliphatic rings. The molecule has 0 saturated carbocycles. The van der Waals surface area contributed by atoms with Crippen LogP contribution in [0.2, 0.25) is 0 Å². The molecule has 3 nitrogen and oxygen atoms in total. The molecule has 126 valence electrons. The van der Waals surface area contributed by atoms with Crippen molar-refractivity contribution in [2.24, 2.45) is 0 Å². The predicted molar refractivity (Wildman–Crippen MR) is 100 cm³/mol. The number of nitrogens with zero attached hydrogens (tertiary/aromatic N) is 1. The smallest absolute Gasteiger partial charge is 0.209 e. The second kappa shape index (κ2) is 7.77. The largest absolute Gasteiger partial charge is 0.392 e. The van der Waals surface area contributed by atoms with E-state index >= 15 is 0 Å². The molecule has 0 unspecified atom stereocenters. The van der Waals surface area contributed by atoms with Gasteiger partial charge in [-0.15, -0.1) is 0 Å². The first-order valence-electron chi connectivity index (χ1n) is 8.30. The molecule has 0 fully saturated rings. The summed E-state index contributed by atoms with van der Waals surface area (Å²) < 4.78 is 1.94. The fourth-order valence-corrected chi connectivity index (χ4v) is 2.73. The van der Waals surface area contributed by atoms with Crippen LogP contribution in [0.1, 0.15) is 32.7 Å². The van der Waals surface area contributed by atoms with Crippen LogP contribution in [0, 0.1) is 6.92 Å². The standard InChI is InChI=1S/C22H21NO2/c1-17-9-11-20(12-10-17)22(25)21-8-4-14-23(21)13-3-7-18-5-2-6-19(15-18)16-24/h2-12,14-15,24H,13,16H2,1H3/b7-3+. The van der Waals surface area contributed by atoms with E-state index in [4.69, 9.17) is 0 Å². The summed E-state index contributed by atoms with van der Waals surface area (Å²) in [5, 5.41) is 9.19. The Hall–Kier alpha value is -2.91. The first-order valence-corrected chi connectivity index (χ1v) is 8.30. The van der Waals surface area contributed by atoms with Crippen molar-refractivity contribution in [3.05, 3.63) is 101 Å². The van der Waals surface area contributed by atoms with Gasteiger partial charge in [0.05, 0.1) is 12.3 Å². The van der Waals surface area contributed by atoms with E-state index in [1.807, 2.05) is 90.5 Å². The van der Waals surface area contributed by atoms with Crippen LogP contribution in [0.3, 0.4) is 0 Å². The van der Waals surface area contributed by atoms with Crippen LogP contribution in [-0.4, -0.2) is 15.5 Å². The summed E-state index contributed by atoms with van der Waals surface area (Å²) in [7, 11) is 0. The van der Waals surface area contributed by atoms with Crippen molar-refractivity contribution in [2.45, 2.75) is 20.1 Å². The Bertz CT molecular complexity index is 888. The quantitative estimate of drug-likeness (QED) is 0.687. The highest BCUT2D eigenvalue weighted by atomic mass is 16.3. The monoisotopic (exact) mass is 331 g/mol. The molecule has 1 N–H and O–H groups in total. The molecular weight excluding hydrogens is 310 g/mol. The lowest BCUT2D eigenvalue weighted by molar-refractivity contribution is 0.103. The third-order valence-electron chi connectivity index (χ3n) is 4.12. The van der Waals surface area contributed by atoms with E-state index in [2.05, 4.69) is 0 Å². The van der Waals surface area contributed by atoms with E-state index < -0.39 is 0 Å². The van der Waals surface area contributed by atoms with Crippen molar-refractivity contribution >= 4 is 11.9 Å². The van der Waals surface area contributed by atoms with E-state index in [9.17, 15) is 9.90 Å². The second-order valence-electron chi connectivity index (χ2n) is 6.05. The van der Waals surface area contributed by atoms with Gasteiger partial charge in [-0.25, -0.2) is 0 Å². The maximum Gasteiger partial charge on any atom is 0.209 e. The van der Waals surface area contributed by atoms with Crippen molar-refractivity contribution in [1.29, 1.82) is 0 Å². The van der Waals surface area contributed by atoms with Crippen molar-refractivity contribution in [3.63, 3.8) is 0 Å². The highest BCUT2D eigenvalue weighted by molar-refractivity contribution is 6.08. The molecule has 0 atom stereocenters. The lowest BCUT2D eigenvalue weighted by Gasteiger charge is -2.06. The number of hydrogen-bond donors (Lipinski definition) is 1. The Kier molecular flexibility index (Phi) is 5.26. The van der Waals surface area contributed by atoms with Gasteiger partial charge >= 0.3 is 0 Å². The molecule has 0 amide bonds. The van der Waals surface area contributed by atoms with Gasteiger partial charge in [-0.1, -0.05) is 60.2 Å². The van der Waals surface area contributed by atoms with Gasteiger partial charge in [0.2, 0.25) is 5.78 Å². The Morgan fingerprint density at radius 2 is 1.88 bits per heavy atom. The van der Waals surface area contributed by atoms with Gasteiger partial charge in [0, 0.05) is 18.3 Å². The zero-order valence-corrected chi connectivity index (χ0v) is 14.2. The Labute approximate surface area is 147 Å². The van der Waals surface area contributed by atoms with Gasteiger partial charge in [-0.05, 0) is 36.2 Å². The molecule has 2 aromatic carbocycles. The summed E-state index contributed by atoms with van der Waals surface area (Å²) in [6.45, 7) is 2.66. The van der Waals surface area contributed by atoms with E-state index in [0.29, 0.717) is 17.8 Å². The predicted octanol–water partition coefficient (Wildman–Crippen LogP) is 4.23. The molecule has 0 spiro atoms. The number of carbonyl (C=O) groups excluding carboxylic acids is 1. The minimum Gasteiger partial charge on any atom is -0.392 e. The Balaban J connectivity index is 1.74. The molecule has 0 saturated heterocycles. The van der Waals surface area contributed by atoms with Crippen LogP contribution in [-0.2, 0) is 13.2 Å². The minimum atomic E-state index is 0.0284. The number of aryl methyl sites for hydroxylation is 1. The summed E-state index contributed by atoms with van der Waals surface area (Å²) in [6, 6.07) is 19.1. The van der Waals surface area contributed by atoms with Crippen LogP contribution < -0.4 is 0 Å². The number of aliphatic hydroxyl groups excluding tert-OH is 1. The van der Waals surface area contributed by atoms with E-state index in [0.717, 1.165) is 16.7 Å². The zero-order valence-electron chi connectivity index (χ0n) is 14.2. The fraction of sp³-hybridized carbons (Fsp3) is 0.136. The highest BCUT2D eigenvalue weighted by Crippen LogP contribution is 2.13. The number of benzene rings is 2. The van der Waals surface area contributed by atoms with Gasteiger partial charge in [0.1, 0.15) is 0 Å². The van der Waals surface area contributed by atoms with E-state index in [-0.39, 0.29) is 12.4 Å². The van der Waals surface area contributed by atoms with E-state index in [1.165, 1.54) is 0 Å². The van der Waals surface area contributed by atoms with Gasteiger partial charge in [-0.2, -0.15) is 0 Å². The summed E-state index contributed by atoms with van der Waals surface area (Å²) >= 11 is 0. The lowest BCUT2D eigenvalue weighted by atomic mass is 10.1. The van der Waals surface area contributed by atoms with Crippen molar-refractivity contribution in [1.82, 2.24) is 4.57 Å². The molecule has 1 heterocycles. The number of aliphatic hydroxyl groups is 1. The molecule has 1 aromatic heterocycles. The van der Waals surface area contributed by atoms with Gasteiger partial charge < -0.3 is 9.67 Å². The van der Waals surface area contributed by atoms with Crippen LogP contribution in [0.15, 0.2) is 72.9 Å². The summed E-state index contributed by atoms with van der Waals surface area (Å²) in [5.74, 6) is 0.0284. The molecule has 3 aromatic rings. The maximum atomic E-state index is 12.7. The lowest BCUT2D eigenvalue weighted by Crippen LogP contribution is -2.09. The summed E-state index contributed by atoms with van der Waals surface area (Å²) in [5.41, 5.74) is 4.44. The van der Waals surface area contributed by atoms with E-state index in [1.54, 1.807) is 0 Å². The van der Waals surface area contributed by atoms with Gasteiger partial charge in [0.25, 0.3) is 0 Å². The SMILES string of the molecule is Cc1ccc(C(=O)c2cccn2C/C=C/c2cccc(CO)c2)cc1. The Morgan fingerprint density at radius 1 is 1.08 bits per heavy atom. The summed E-state index contributed by atoms with van der Waals surface area (Å²) in [6.07, 6.45) is 5.93. The average molecular weight is 331 g/mol. The molecule has 3 heteroatoms. The van der Waals surface area contributed by atoms with Crippen LogP contribution in [0.5, 0.6) is 0 Å². The molecular formula is C22H21NO2. The van der Waals surface area contributed by atoms with Gasteiger partial charge in [-0.3, -0.25) is 4.79 Å². The number of carbonyl (C=O) groups is 1. The van der Waals surface area contributed by atoms with Crippen molar-refractivity contribution in [3.8, 4) is 0 Å². The third kappa shape index (κ3) is 4.14. The van der Waals surface area contributed by atoms with Crippen LogP contribution in [0.4, 0.5) is 0 Å². The van der Waals surface area contributed by atoms with Crippen LogP contribution in [0.25, 0.3) is 6.08 Å². The molecule has 0 aliphatic heterocycles. The van der Waals surface area contributed by atoms with Crippen molar-refractivity contribution in [2.75, 3.05) is 0 Å². The summed E-state index contributed by atoms with van der Waals surface area (Å²) in [4.78, 5) is 12.7. The average Bonchev–Trinajstić information content (AvgIpc) is 3.10.